The first-order valence-corrected chi connectivity index (χ1v) is 7.62. The summed E-state index contributed by atoms with van der Waals surface area (Å²) < 4.78 is 8.70. The number of fused-ring (bicyclic) bond motifs is 1. The summed E-state index contributed by atoms with van der Waals surface area (Å²) in [6.45, 7) is 1.58. The summed E-state index contributed by atoms with van der Waals surface area (Å²) >= 11 is 3.58. The summed E-state index contributed by atoms with van der Waals surface area (Å²) in [6, 6.07) is 6.40. The van der Waals surface area contributed by atoms with Crippen LogP contribution in [0.2, 0.25) is 0 Å². The second-order valence-corrected chi connectivity index (χ2v) is 5.78. The average Bonchev–Trinajstić information content (AvgIpc) is 2.73. The fourth-order valence-electron chi connectivity index (χ4n) is 2.65. The summed E-state index contributed by atoms with van der Waals surface area (Å²) in [4.78, 5) is 4.57. The third-order valence-corrected chi connectivity index (χ3v) is 4.21. The van der Waals surface area contributed by atoms with Crippen LogP contribution >= 0.6 is 15.9 Å². The summed E-state index contributed by atoms with van der Waals surface area (Å²) in [6.07, 6.45) is 2.18. The molecule has 3 rings (SSSR count). The number of nitrogens with zero attached hydrogens (tertiary/aromatic N) is 2. The lowest BCUT2D eigenvalue weighted by Crippen LogP contribution is -2.11. The number of imidazole rings is 1. The van der Waals surface area contributed by atoms with Crippen molar-refractivity contribution in [3.8, 4) is 17.0 Å². The van der Waals surface area contributed by atoms with Crippen LogP contribution in [0.15, 0.2) is 22.8 Å². The van der Waals surface area contributed by atoms with E-state index in [9.17, 15) is 0 Å². The van der Waals surface area contributed by atoms with E-state index >= 15 is 0 Å². The van der Waals surface area contributed by atoms with E-state index in [0.717, 1.165) is 47.9 Å². The zero-order valence-corrected chi connectivity index (χ0v) is 13.3. The molecule has 0 saturated heterocycles. The maximum Gasteiger partial charge on any atom is 0.132 e. The van der Waals surface area contributed by atoms with E-state index in [2.05, 4.69) is 56.0 Å². The van der Waals surface area contributed by atoms with Gasteiger partial charge in [-0.3, -0.25) is 0 Å². The Morgan fingerprint density at radius 2 is 2.30 bits per heavy atom. The Morgan fingerprint density at radius 3 is 3.10 bits per heavy atom. The quantitative estimate of drug-likeness (QED) is 0.937. The smallest absolute Gasteiger partial charge is 0.132 e. The van der Waals surface area contributed by atoms with Crippen LogP contribution in [0.5, 0.6) is 5.75 Å². The third kappa shape index (κ3) is 2.36. The number of hydrogen-bond donors (Lipinski definition) is 1. The van der Waals surface area contributed by atoms with Crippen molar-refractivity contribution >= 4 is 15.9 Å². The van der Waals surface area contributed by atoms with Gasteiger partial charge < -0.3 is 14.6 Å². The molecule has 1 N–H and O–H groups in total. The topological polar surface area (TPSA) is 39.1 Å². The molecule has 1 aromatic carbocycles. The Balaban J connectivity index is 2.04. The van der Waals surface area contributed by atoms with Crippen molar-refractivity contribution in [3.63, 3.8) is 0 Å². The minimum absolute atomic E-state index is 0.753. The normalized spacial score (nSPS) is 13.9. The molecule has 1 aromatic heterocycles. The van der Waals surface area contributed by atoms with Crippen molar-refractivity contribution < 1.29 is 4.74 Å². The highest BCUT2D eigenvalue weighted by Crippen LogP contribution is 2.33. The van der Waals surface area contributed by atoms with Crippen LogP contribution < -0.4 is 10.1 Å². The maximum atomic E-state index is 5.67. The number of aryl methyl sites for hydroxylation is 1. The van der Waals surface area contributed by atoms with Gasteiger partial charge in [-0.2, -0.15) is 0 Å². The van der Waals surface area contributed by atoms with Crippen molar-refractivity contribution in [2.24, 2.45) is 7.05 Å². The Bertz CT molecular complexity index is 636. The van der Waals surface area contributed by atoms with Gasteiger partial charge in [-0.25, -0.2) is 4.98 Å². The minimum Gasteiger partial charge on any atom is -0.493 e. The van der Waals surface area contributed by atoms with Crippen LogP contribution in [0.25, 0.3) is 11.3 Å². The van der Waals surface area contributed by atoms with Gasteiger partial charge in [0.1, 0.15) is 16.2 Å². The SMILES string of the molecule is CNCc1nc(Br)c(-c2ccc3c(c2)CCCO3)n1C. The highest BCUT2D eigenvalue weighted by molar-refractivity contribution is 9.10. The number of aromatic nitrogens is 2. The van der Waals surface area contributed by atoms with Crippen LogP contribution in [0.4, 0.5) is 0 Å². The lowest BCUT2D eigenvalue weighted by atomic mass is 10.0. The lowest BCUT2D eigenvalue weighted by molar-refractivity contribution is 0.288. The molecular formula is C15H18BrN3O. The van der Waals surface area contributed by atoms with Crippen LogP contribution in [0.3, 0.4) is 0 Å². The molecule has 0 unspecified atom stereocenters. The van der Waals surface area contributed by atoms with Crippen molar-refractivity contribution in [2.75, 3.05) is 13.7 Å². The summed E-state index contributed by atoms with van der Waals surface area (Å²) in [5.41, 5.74) is 3.58. The molecule has 106 valence electrons. The molecule has 20 heavy (non-hydrogen) atoms. The molecule has 0 amide bonds. The van der Waals surface area contributed by atoms with Gasteiger partial charge in [-0.1, -0.05) is 0 Å². The summed E-state index contributed by atoms with van der Waals surface area (Å²) in [7, 11) is 3.98. The Kier molecular flexibility index (Phi) is 3.81. The van der Waals surface area contributed by atoms with Gasteiger partial charge in [0.2, 0.25) is 0 Å². The Morgan fingerprint density at radius 1 is 1.45 bits per heavy atom. The van der Waals surface area contributed by atoms with Gasteiger partial charge in [-0.15, -0.1) is 0 Å². The van der Waals surface area contributed by atoms with E-state index in [4.69, 9.17) is 4.74 Å². The van der Waals surface area contributed by atoms with Crippen molar-refractivity contribution in [2.45, 2.75) is 19.4 Å². The van der Waals surface area contributed by atoms with Crippen LogP contribution in [-0.4, -0.2) is 23.2 Å². The van der Waals surface area contributed by atoms with Crippen molar-refractivity contribution in [3.05, 3.63) is 34.2 Å². The van der Waals surface area contributed by atoms with Crippen LogP contribution in [0, 0.1) is 0 Å². The van der Waals surface area contributed by atoms with Gasteiger partial charge in [0.25, 0.3) is 0 Å². The zero-order valence-electron chi connectivity index (χ0n) is 11.7. The van der Waals surface area contributed by atoms with Gasteiger partial charge in [0.15, 0.2) is 0 Å². The second-order valence-electron chi connectivity index (χ2n) is 5.03. The number of rotatable bonds is 3. The molecular weight excluding hydrogens is 318 g/mol. The molecule has 1 aliphatic rings. The number of benzene rings is 1. The molecule has 0 saturated carbocycles. The number of hydrogen-bond acceptors (Lipinski definition) is 3. The molecule has 1 aliphatic heterocycles. The first kappa shape index (κ1) is 13.6. The largest absolute Gasteiger partial charge is 0.493 e. The zero-order chi connectivity index (χ0) is 14.1. The fourth-order valence-corrected chi connectivity index (χ4v) is 3.34. The van der Waals surface area contributed by atoms with E-state index in [1.165, 1.54) is 11.1 Å². The van der Waals surface area contributed by atoms with Gasteiger partial charge in [0.05, 0.1) is 18.8 Å². The number of nitrogens with one attached hydrogen (secondary N) is 1. The predicted octanol–water partition coefficient (Wildman–Crippen LogP) is 2.89. The first-order valence-electron chi connectivity index (χ1n) is 6.82. The number of ether oxygens (including phenoxy) is 1. The fraction of sp³-hybridized carbons (Fsp3) is 0.400. The van der Waals surface area contributed by atoms with E-state index < -0.39 is 0 Å². The average molecular weight is 336 g/mol. The summed E-state index contributed by atoms with van der Waals surface area (Å²) in [5.74, 6) is 2.04. The predicted molar refractivity (Wildman–Crippen MR) is 82.9 cm³/mol. The highest BCUT2D eigenvalue weighted by Gasteiger charge is 2.17. The van der Waals surface area contributed by atoms with E-state index in [1.807, 2.05) is 7.05 Å². The molecule has 0 atom stereocenters. The second kappa shape index (κ2) is 5.58. The van der Waals surface area contributed by atoms with Gasteiger partial charge >= 0.3 is 0 Å². The molecule has 5 heteroatoms. The first-order chi connectivity index (χ1) is 9.70. The monoisotopic (exact) mass is 335 g/mol. The summed E-state index contributed by atoms with van der Waals surface area (Å²) in [5, 5.41) is 3.14. The van der Waals surface area contributed by atoms with Crippen molar-refractivity contribution in [1.82, 2.24) is 14.9 Å². The molecule has 2 aromatic rings. The molecule has 0 bridgehead atoms. The van der Waals surface area contributed by atoms with Gasteiger partial charge in [0, 0.05) is 12.6 Å². The highest BCUT2D eigenvalue weighted by atomic mass is 79.9. The molecule has 0 spiro atoms. The number of halogens is 1. The molecule has 2 heterocycles. The Hall–Kier alpha value is -1.33. The van der Waals surface area contributed by atoms with E-state index in [0.29, 0.717) is 0 Å². The maximum absolute atomic E-state index is 5.67. The third-order valence-electron chi connectivity index (χ3n) is 3.66. The lowest BCUT2D eigenvalue weighted by Gasteiger charge is -2.18. The molecule has 0 aliphatic carbocycles. The van der Waals surface area contributed by atoms with Crippen LogP contribution in [0.1, 0.15) is 17.8 Å². The van der Waals surface area contributed by atoms with Crippen molar-refractivity contribution in [1.29, 1.82) is 0 Å². The minimum atomic E-state index is 0.753. The van der Waals surface area contributed by atoms with Crippen LogP contribution in [-0.2, 0) is 20.0 Å². The van der Waals surface area contributed by atoms with E-state index in [1.54, 1.807) is 0 Å². The standard InChI is InChI=1S/C15H18BrN3O/c1-17-9-13-18-15(16)14(19(13)2)11-5-6-12-10(8-11)4-3-7-20-12/h5-6,8,17H,3-4,7,9H2,1-2H3. The Labute approximate surface area is 127 Å². The van der Waals surface area contributed by atoms with E-state index in [-0.39, 0.29) is 0 Å². The van der Waals surface area contributed by atoms with Gasteiger partial charge in [-0.05, 0) is 59.6 Å². The molecule has 4 nitrogen and oxygen atoms in total. The molecule has 0 fully saturated rings. The molecule has 0 radical (unpaired) electrons.